The van der Waals surface area contributed by atoms with Crippen LogP contribution in [0.2, 0.25) is 0 Å². The van der Waals surface area contributed by atoms with Crippen molar-refractivity contribution in [2.75, 3.05) is 0 Å². The normalized spacial score (nSPS) is 12.5. The van der Waals surface area contributed by atoms with Gasteiger partial charge >= 0.3 is 0 Å². The molecule has 3 rings (SSSR count). The third-order valence-corrected chi connectivity index (χ3v) is 3.88. The summed E-state index contributed by atoms with van der Waals surface area (Å²) in [5, 5.41) is 2.47. The summed E-state index contributed by atoms with van der Waals surface area (Å²) in [7, 11) is 0. The van der Waals surface area contributed by atoms with Crippen molar-refractivity contribution in [3.8, 4) is 0 Å². The van der Waals surface area contributed by atoms with E-state index in [4.69, 9.17) is 5.84 Å². The SMILES string of the molecule is Cc1cc(C)cc(C(NN)c2cccc3ccccc23)c1. The lowest BCUT2D eigenvalue weighted by molar-refractivity contribution is 0.640. The molecule has 0 amide bonds. The predicted octanol–water partition coefficient (Wildman–Crippen LogP) is 4.01. The van der Waals surface area contributed by atoms with E-state index in [0.29, 0.717) is 0 Å². The molecule has 0 aliphatic carbocycles. The smallest absolute Gasteiger partial charge is 0.0716 e. The van der Waals surface area contributed by atoms with Crippen LogP contribution in [0.4, 0.5) is 0 Å². The average molecular weight is 276 g/mol. The van der Waals surface area contributed by atoms with Crippen LogP contribution in [0.15, 0.2) is 60.7 Å². The lowest BCUT2D eigenvalue weighted by atomic mass is 9.92. The van der Waals surface area contributed by atoms with Crippen molar-refractivity contribution >= 4 is 10.8 Å². The Hall–Kier alpha value is -2.16. The molecule has 2 nitrogen and oxygen atoms in total. The van der Waals surface area contributed by atoms with Gasteiger partial charge in [0.1, 0.15) is 0 Å². The molecule has 1 unspecified atom stereocenters. The molecule has 0 radical (unpaired) electrons. The Kier molecular flexibility index (Phi) is 3.74. The van der Waals surface area contributed by atoms with Crippen molar-refractivity contribution in [2.24, 2.45) is 5.84 Å². The van der Waals surface area contributed by atoms with Crippen LogP contribution in [0.1, 0.15) is 28.3 Å². The van der Waals surface area contributed by atoms with E-state index in [1.54, 1.807) is 0 Å². The maximum absolute atomic E-state index is 5.88. The average Bonchev–Trinajstić information content (AvgIpc) is 2.47. The molecule has 0 heterocycles. The fraction of sp³-hybridized carbons (Fsp3) is 0.158. The number of hydrazine groups is 1. The number of nitrogens with two attached hydrogens (primary N) is 1. The van der Waals surface area contributed by atoms with Crippen molar-refractivity contribution in [2.45, 2.75) is 19.9 Å². The molecule has 0 bridgehead atoms. The van der Waals surface area contributed by atoms with Gasteiger partial charge in [-0.25, -0.2) is 5.43 Å². The van der Waals surface area contributed by atoms with Crippen molar-refractivity contribution in [3.05, 3.63) is 82.9 Å². The van der Waals surface area contributed by atoms with Gasteiger partial charge in [-0.1, -0.05) is 71.8 Å². The molecular formula is C19H20N2. The van der Waals surface area contributed by atoms with Gasteiger partial charge in [-0.2, -0.15) is 0 Å². The number of hydrogen-bond donors (Lipinski definition) is 2. The molecule has 0 aliphatic heterocycles. The molecule has 0 aliphatic rings. The maximum atomic E-state index is 5.88. The minimum atomic E-state index is -0.00491. The van der Waals surface area contributed by atoms with Gasteiger partial charge in [-0.05, 0) is 35.7 Å². The minimum absolute atomic E-state index is 0.00491. The largest absolute Gasteiger partial charge is 0.271 e. The number of aryl methyl sites for hydroxylation is 2. The summed E-state index contributed by atoms with van der Waals surface area (Å²) in [6.07, 6.45) is 0. The number of nitrogens with one attached hydrogen (secondary N) is 1. The van der Waals surface area contributed by atoms with Crippen molar-refractivity contribution in [3.63, 3.8) is 0 Å². The first kappa shape index (κ1) is 13.8. The fourth-order valence-electron chi connectivity index (χ4n) is 3.04. The van der Waals surface area contributed by atoms with Gasteiger partial charge in [-0.3, -0.25) is 5.84 Å². The highest BCUT2D eigenvalue weighted by Gasteiger charge is 2.15. The summed E-state index contributed by atoms with van der Waals surface area (Å²) in [6.45, 7) is 4.24. The molecule has 3 aromatic carbocycles. The van der Waals surface area contributed by atoms with Crippen LogP contribution >= 0.6 is 0 Å². The summed E-state index contributed by atoms with van der Waals surface area (Å²) in [6, 6.07) is 21.3. The first-order valence-electron chi connectivity index (χ1n) is 7.21. The zero-order valence-corrected chi connectivity index (χ0v) is 12.4. The van der Waals surface area contributed by atoms with Crippen molar-refractivity contribution in [1.29, 1.82) is 0 Å². The van der Waals surface area contributed by atoms with Crippen LogP contribution < -0.4 is 11.3 Å². The number of rotatable bonds is 3. The summed E-state index contributed by atoms with van der Waals surface area (Å²) in [5.74, 6) is 5.88. The molecule has 2 heteroatoms. The Balaban J connectivity index is 2.18. The van der Waals surface area contributed by atoms with Crippen molar-refractivity contribution in [1.82, 2.24) is 5.43 Å². The van der Waals surface area contributed by atoms with Crippen LogP contribution in [0.25, 0.3) is 10.8 Å². The van der Waals surface area contributed by atoms with E-state index in [1.807, 2.05) is 0 Å². The molecular weight excluding hydrogens is 256 g/mol. The molecule has 0 saturated carbocycles. The standard InChI is InChI=1S/C19H20N2/c1-13-10-14(2)12-16(11-13)19(21-20)18-9-5-7-15-6-3-4-8-17(15)18/h3-12,19,21H,20H2,1-2H3. The number of hydrogen-bond acceptors (Lipinski definition) is 2. The van der Waals surface area contributed by atoms with Crippen molar-refractivity contribution < 1.29 is 0 Å². The van der Waals surface area contributed by atoms with E-state index in [-0.39, 0.29) is 6.04 Å². The molecule has 1 atom stereocenters. The second-order valence-electron chi connectivity index (χ2n) is 5.59. The van der Waals surface area contributed by atoms with Gasteiger partial charge < -0.3 is 0 Å². The Labute approximate surface area is 125 Å². The molecule has 0 fully saturated rings. The Bertz CT molecular complexity index is 752. The quantitative estimate of drug-likeness (QED) is 0.560. The highest BCUT2D eigenvalue weighted by Crippen LogP contribution is 2.29. The van der Waals surface area contributed by atoms with Crippen LogP contribution in [0, 0.1) is 13.8 Å². The fourth-order valence-corrected chi connectivity index (χ4v) is 3.04. The van der Waals surface area contributed by atoms with E-state index in [1.165, 1.54) is 33.0 Å². The Morgan fingerprint density at radius 1 is 0.857 bits per heavy atom. The highest BCUT2D eigenvalue weighted by molar-refractivity contribution is 5.86. The number of benzene rings is 3. The second kappa shape index (κ2) is 5.68. The first-order chi connectivity index (χ1) is 10.2. The monoisotopic (exact) mass is 276 g/mol. The van der Waals surface area contributed by atoms with Gasteiger partial charge in [0.05, 0.1) is 6.04 Å². The summed E-state index contributed by atoms with van der Waals surface area (Å²) < 4.78 is 0. The van der Waals surface area contributed by atoms with Crippen LogP contribution in [-0.2, 0) is 0 Å². The third kappa shape index (κ3) is 2.68. The van der Waals surface area contributed by atoms with E-state index >= 15 is 0 Å². The van der Waals surface area contributed by atoms with E-state index in [0.717, 1.165) is 0 Å². The lowest BCUT2D eigenvalue weighted by Crippen LogP contribution is -2.29. The zero-order chi connectivity index (χ0) is 14.8. The van der Waals surface area contributed by atoms with Crippen LogP contribution in [0.5, 0.6) is 0 Å². The summed E-state index contributed by atoms with van der Waals surface area (Å²) in [5.41, 5.74) is 7.90. The molecule has 3 N–H and O–H groups in total. The minimum Gasteiger partial charge on any atom is -0.271 e. The molecule has 3 aromatic rings. The highest BCUT2D eigenvalue weighted by atomic mass is 15.2. The summed E-state index contributed by atoms with van der Waals surface area (Å²) in [4.78, 5) is 0. The van der Waals surface area contributed by atoms with Gasteiger partial charge in [0.2, 0.25) is 0 Å². The third-order valence-electron chi connectivity index (χ3n) is 3.88. The Morgan fingerprint density at radius 2 is 1.52 bits per heavy atom. The first-order valence-corrected chi connectivity index (χ1v) is 7.21. The van der Waals surface area contributed by atoms with Crippen LogP contribution in [0.3, 0.4) is 0 Å². The van der Waals surface area contributed by atoms with Crippen LogP contribution in [-0.4, -0.2) is 0 Å². The maximum Gasteiger partial charge on any atom is 0.0716 e. The van der Waals surface area contributed by atoms with Gasteiger partial charge in [0.25, 0.3) is 0 Å². The lowest BCUT2D eigenvalue weighted by Gasteiger charge is -2.20. The summed E-state index contributed by atoms with van der Waals surface area (Å²) >= 11 is 0. The number of fused-ring (bicyclic) bond motifs is 1. The van der Waals surface area contributed by atoms with Gasteiger partial charge in [0, 0.05) is 0 Å². The van der Waals surface area contributed by atoms with E-state index < -0.39 is 0 Å². The topological polar surface area (TPSA) is 38.0 Å². The molecule has 106 valence electrons. The van der Waals surface area contributed by atoms with Gasteiger partial charge in [-0.15, -0.1) is 0 Å². The molecule has 21 heavy (non-hydrogen) atoms. The molecule has 0 spiro atoms. The molecule has 0 saturated heterocycles. The Morgan fingerprint density at radius 3 is 2.24 bits per heavy atom. The zero-order valence-electron chi connectivity index (χ0n) is 12.4. The van der Waals surface area contributed by atoms with Gasteiger partial charge in [0.15, 0.2) is 0 Å². The predicted molar refractivity (Wildman–Crippen MR) is 89.0 cm³/mol. The van der Waals surface area contributed by atoms with E-state index in [9.17, 15) is 0 Å². The molecule has 0 aromatic heterocycles. The van der Waals surface area contributed by atoms with E-state index in [2.05, 4.69) is 79.9 Å². The second-order valence-corrected chi connectivity index (χ2v) is 5.59.